The minimum atomic E-state index is 0.486. The molecule has 1 N–H and O–H groups in total. The molecule has 1 aromatic carbocycles. The van der Waals surface area contributed by atoms with Crippen LogP contribution in [0.4, 0.5) is 0 Å². The second-order valence-corrected chi connectivity index (χ2v) is 5.29. The van der Waals surface area contributed by atoms with Crippen molar-refractivity contribution in [2.75, 3.05) is 19.8 Å². The lowest BCUT2D eigenvalue weighted by molar-refractivity contribution is 0.0536. The van der Waals surface area contributed by atoms with Crippen molar-refractivity contribution in [3.05, 3.63) is 34.9 Å². The normalized spacial score (nSPS) is 18.8. The predicted molar refractivity (Wildman–Crippen MR) is 75.9 cm³/mol. The van der Waals surface area contributed by atoms with Gasteiger partial charge in [0, 0.05) is 19.3 Å². The molecular formula is C16H25NO. The summed E-state index contributed by atoms with van der Waals surface area (Å²) in [4.78, 5) is 0. The number of rotatable bonds is 4. The minimum Gasteiger partial charge on any atom is -0.381 e. The molecule has 1 aliphatic heterocycles. The van der Waals surface area contributed by atoms with Gasteiger partial charge in [0.15, 0.2) is 0 Å². The lowest BCUT2D eigenvalue weighted by Gasteiger charge is -2.33. The maximum absolute atomic E-state index is 5.50. The van der Waals surface area contributed by atoms with Crippen LogP contribution < -0.4 is 5.32 Å². The molecule has 100 valence electrons. The fraction of sp³-hybridized carbons (Fsp3) is 0.625. The Bertz CT molecular complexity index is 362. The van der Waals surface area contributed by atoms with E-state index in [-0.39, 0.29) is 0 Å². The lowest BCUT2D eigenvalue weighted by atomic mass is 9.83. The molecule has 0 aromatic heterocycles. The van der Waals surface area contributed by atoms with E-state index in [4.69, 9.17) is 4.74 Å². The van der Waals surface area contributed by atoms with Crippen molar-refractivity contribution in [1.82, 2.24) is 5.32 Å². The van der Waals surface area contributed by atoms with Crippen molar-refractivity contribution in [3.63, 3.8) is 0 Å². The highest BCUT2D eigenvalue weighted by molar-refractivity contribution is 5.36. The summed E-state index contributed by atoms with van der Waals surface area (Å²) in [5.74, 6) is 0.707. The molecule has 1 aromatic rings. The van der Waals surface area contributed by atoms with Gasteiger partial charge in [-0.3, -0.25) is 0 Å². The van der Waals surface area contributed by atoms with Gasteiger partial charge in [-0.15, -0.1) is 0 Å². The smallest absolute Gasteiger partial charge is 0.0469 e. The molecule has 1 heterocycles. The van der Waals surface area contributed by atoms with Crippen molar-refractivity contribution < 1.29 is 4.74 Å². The lowest BCUT2D eigenvalue weighted by Crippen LogP contribution is -2.33. The number of nitrogens with one attached hydrogen (secondary N) is 1. The second-order valence-electron chi connectivity index (χ2n) is 5.29. The SMILES string of the molecule is CCNC(c1c(C)cccc1C)C1CCOCC1. The van der Waals surface area contributed by atoms with Crippen molar-refractivity contribution in [2.24, 2.45) is 5.92 Å². The van der Waals surface area contributed by atoms with Crippen molar-refractivity contribution >= 4 is 0 Å². The van der Waals surface area contributed by atoms with E-state index in [1.807, 2.05) is 0 Å². The zero-order valence-electron chi connectivity index (χ0n) is 11.8. The molecule has 1 unspecified atom stereocenters. The van der Waals surface area contributed by atoms with Crippen LogP contribution in [-0.4, -0.2) is 19.8 Å². The number of aryl methyl sites for hydroxylation is 2. The van der Waals surface area contributed by atoms with E-state index >= 15 is 0 Å². The summed E-state index contributed by atoms with van der Waals surface area (Å²) in [6, 6.07) is 7.10. The third-order valence-electron chi connectivity index (χ3n) is 4.01. The fourth-order valence-electron chi connectivity index (χ4n) is 3.09. The highest BCUT2D eigenvalue weighted by Gasteiger charge is 2.26. The quantitative estimate of drug-likeness (QED) is 0.880. The van der Waals surface area contributed by atoms with Gasteiger partial charge in [-0.25, -0.2) is 0 Å². The van der Waals surface area contributed by atoms with E-state index in [1.165, 1.54) is 29.5 Å². The molecule has 1 saturated heterocycles. The number of benzene rings is 1. The van der Waals surface area contributed by atoms with Gasteiger partial charge in [-0.1, -0.05) is 25.1 Å². The first kappa shape index (κ1) is 13.6. The van der Waals surface area contributed by atoms with Crippen LogP contribution in [0.25, 0.3) is 0 Å². The third kappa shape index (κ3) is 2.93. The molecule has 0 bridgehead atoms. The summed E-state index contributed by atoms with van der Waals surface area (Å²) < 4.78 is 5.50. The molecule has 0 saturated carbocycles. The Morgan fingerprint density at radius 3 is 2.39 bits per heavy atom. The zero-order chi connectivity index (χ0) is 13.0. The Morgan fingerprint density at radius 2 is 1.83 bits per heavy atom. The van der Waals surface area contributed by atoms with E-state index in [9.17, 15) is 0 Å². The molecule has 0 radical (unpaired) electrons. The number of hydrogen-bond acceptors (Lipinski definition) is 2. The van der Waals surface area contributed by atoms with Gasteiger partial charge in [-0.05, 0) is 55.8 Å². The van der Waals surface area contributed by atoms with Crippen molar-refractivity contribution in [3.8, 4) is 0 Å². The van der Waals surface area contributed by atoms with Gasteiger partial charge in [0.25, 0.3) is 0 Å². The first-order valence-electron chi connectivity index (χ1n) is 7.11. The van der Waals surface area contributed by atoms with Gasteiger partial charge in [0.05, 0.1) is 0 Å². The highest BCUT2D eigenvalue weighted by atomic mass is 16.5. The van der Waals surface area contributed by atoms with Crippen LogP contribution in [0.3, 0.4) is 0 Å². The standard InChI is InChI=1S/C16H25NO/c1-4-17-16(14-8-10-18-11-9-14)15-12(2)6-5-7-13(15)3/h5-7,14,16-17H,4,8-11H2,1-3H3. The van der Waals surface area contributed by atoms with Gasteiger partial charge in [0.2, 0.25) is 0 Å². The molecule has 1 atom stereocenters. The molecule has 2 rings (SSSR count). The maximum Gasteiger partial charge on any atom is 0.0469 e. The van der Waals surface area contributed by atoms with Crippen LogP contribution in [0.2, 0.25) is 0 Å². The molecule has 1 aliphatic rings. The predicted octanol–water partition coefficient (Wildman–Crippen LogP) is 3.38. The summed E-state index contributed by atoms with van der Waals surface area (Å²) in [6.07, 6.45) is 2.34. The van der Waals surface area contributed by atoms with E-state index in [0.717, 1.165) is 19.8 Å². The number of ether oxygens (including phenoxy) is 1. The second kappa shape index (κ2) is 6.35. The maximum atomic E-state index is 5.50. The fourth-order valence-corrected chi connectivity index (χ4v) is 3.09. The highest BCUT2D eigenvalue weighted by Crippen LogP contribution is 2.33. The average molecular weight is 247 g/mol. The molecule has 2 nitrogen and oxygen atoms in total. The Morgan fingerprint density at radius 1 is 1.22 bits per heavy atom. The van der Waals surface area contributed by atoms with Crippen LogP contribution >= 0.6 is 0 Å². The average Bonchev–Trinajstić information content (AvgIpc) is 2.38. The monoisotopic (exact) mass is 247 g/mol. The molecule has 1 fully saturated rings. The summed E-state index contributed by atoms with van der Waals surface area (Å²) in [7, 11) is 0. The summed E-state index contributed by atoms with van der Waals surface area (Å²) >= 11 is 0. The first-order chi connectivity index (χ1) is 8.74. The van der Waals surface area contributed by atoms with E-state index in [1.54, 1.807) is 0 Å². The molecule has 0 amide bonds. The van der Waals surface area contributed by atoms with Crippen LogP contribution in [-0.2, 0) is 4.74 Å². The van der Waals surface area contributed by atoms with E-state index in [2.05, 4.69) is 44.3 Å². The Hall–Kier alpha value is -0.860. The summed E-state index contributed by atoms with van der Waals surface area (Å²) in [5, 5.41) is 3.69. The van der Waals surface area contributed by atoms with Crippen molar-refractivity contribution in [2.45, 2.75) is 39.7 Å². The van der Waals surface area contributed by atoms with Crippen molar-refractivity contribution in [1.29, 1.82) is 0 Å². The third-order valence-corrected chi connectivity index (χ3v) is 4.01. The molecule has 18 heavy (non-hydrogen) atoms. The van der Waals surface area contributed by atoms with Crippen LogP contribution in [0.15, 0.2) is 18.2 Å². The first-order valence-corrected chi connectivity index (χ1v) is 7.11. The van der Waals surface area contributed by atoms with Gasteiger partial charge < -0.3 is 10.1 Å². The van der Waals surface area contributed by atoms with Gasteiger partial charge in [0.1, 0.15) is 0 Å². The topological polar surface area (TPSA) is 21.3 Å². The summed E-state index contributed by atoms with van der Waals surface area (Å²) in [5.41, 5.74) is 4.33. The van der Waals surface area contributed by atoms with E-state index in [0.29, 0.717) is 12.0 Å². The van der Waals surface area contributed by atoms with Gasteiger partial charge in [-0.2, -0.15) is 0 Å². The van der Waals surface area contributed by atoms with Crippen LogP contribution in [0, 0.1) is 19.8 Å². The minimum absolute atomic E-state index is 0.486. The van der Waals surface area contributed by atoms with E-state index < -0.39 is 0 Å². The molecule has 0 spiro atoms. The summed E-state index contributed by atoms with van der Waals surface area (Å²) in [6.45, 7) is 9.50. The van der Waals surface area contributed by atoms with Gasteiger partial charge >= 0.3 is 0 Å². The molecule has 0 aliphatic carbocycles. The Labute approximate surface area is 111 Å². The Balaban J connectivity index is 2.28. The van der Waals surface area contributed by atoms with Crippen LogP contribution in [0.5, 0.6) is 0 Å². The molecular weight excluding hydrogens is 222 g/mol. The zero-order valence-corrected chi connectivity index (χ0v) is 11.8. The van der Waals surface area contributed by atoms with Crippen LogP contribution in [0.1, 0.15) is 42.5 Å². The Kier molecular flexibility index (Phi) is 4.79. The largest absolute Gasteiger partial charge is 0.381 e. The molecule has 2 heteroatoms. The number of hydrogen-bond donors (Lipinski definition) is 1.